The summed E-state index contributed by atoms with van der Waals surface area (Å²) in [6, 6.07) is 18.1. The first-order chi connectivity index (χ1) is 9.83. The van der Waals surface area contributed by atoms with Crippen LogP contribution in [0.5, 0.6) is 0 Å². The van der Waals surface area contributed by atoms with Crippen molar-refractivity contribution >= 4 is 27.5 Å². The van der Waals surface area contributed by atoms with Gasteiger partial charge < -0.3 is 10.7 Å². The Morgan fingerprint density at radius 1 is 0.900 bits per heavy atom. The number of rotatable bonds is 1. The molecule has 20 heavy (non-hydrogen) atoms. The van der Waals surface area contributed by atoms with E-state index >= 15 is 0 Å². The summed E-state index contributed by atoms with van der Waals surface area (Å²) in [6.07, 6.45) is 1.99. The van der Waals surface area contributed by atoms with Gasteiger partial charge in [-0.3, -0.25) is 0 Å². The third kappa shape index (κ3) is 1.57. The highest BCUT2D eigenvalue weighted by Crippen LogP contribution is 2.31. The molecule has 0 amide bonds. The van der Waals surface area contributed by atoms with Crippen LogP contribution in [0.2, 0.25) is 0 Å². The number of H-pyrrole nitrogens is 1. The molecule has 0 aliphatic carbocycles. The number of para-hydroxylation sites is 2. The maximum atomic E-state index is 6.16. The van der Waals surface area contributed by atoms with Gasteiger partial charge >= 0.3 is 0 Å². The van der Waals surface area contributed by atoms with E-state index in [9.17, 15) is 0 Å². The summed E-state index contributed by atoms with van der Waals surface area (Å²) in [5.74, 6) is 0. The third-order valence-electron chi connectivity index (χ3n) is 3.61. The molecule has 4 rings (SSSR count). The monoisotopic (exact) mass is 259 g/mol. The molecule has 0 bridgehead atoms. The minimum absolute atomic E-state index is 0.760. The van der Waals surface area contributed by atoms with Gasteiger partial charge in [-0.15, -0.1) is 0 Å². The second kappa shape index (κ2) is 4.10. The fourth-order valence-electron chi connectivity index (χ4n) is 2.62. The Morgan fingerprint density at radius 2 is 1.65 bits per heavy atom. The van der Waals surface area contributed by atoms with Crippen LogP contribution in [-0.4, -0.2) is 9.97 Å². The van der Waals surface area contributed by atoms with Crippen LogP contribution in [0.1, 0.15) is 0 Å². The maximum Gasteiger partial charge on any atom is 0.0751 e. The zero-order chi connectivity index (χ0) is 13.5. The Morgan fingerprint density at radius 3 is 2.55 bits per heavy atom. The van der Waals surface area contributed by atoms with E-state index in [0.29, 0.717) is 0 Å². The number of aromatic amines is 1. The van der Waals surface area contributed by atoms with E-state index in [0.717, 1.165) is 38.8 Å². The lowest BCUT2D eigenvalue weighted by Gasteiger charge is -2.05. The van der Waals surface area contributed by atoms with E-state index in [4.69, 9.17) is 10.7 Å². The lowest BCUT2D eigenvalue weighted by molar-refractivity contribution is 1.40. The largest absolute Gasteiger partial charge is 0.398 e. The average molecular weight is 259 g/mol. The minimum Gasteiger partial charge on any atom is -0.398 e. The Kier molecular flexibility index (Phi) is 2.27. The van der Waals surface area contributed by atoms with Crippen molar-refractivity contribution in [1.82, 2.24) is 9.97 Å². The molecule has 0 aliphatic rings. The summed E-state index contributed by atoms with van der Waals surface area (Å²) in [6.45, 7) is 0. The molecule has 0 atom stereocenters. The van der Waals surface area contributed by atoms with Crippen molar-refractivity contribution in [3.8, 4) is 11.3 Å². The van der Waals surface area contributed by atoms with Crippen molar-refractivity contribution < 1.29 is 0 Å². The molecule has 3 nitrogen and oxygen atoms in total. The summed E-state index contributed by atoms with van der Waals surface area (Å²) >= 11 is 0. The quantitative estimate of drug-likeness (QED) is 0.543. The number of fused-ring (bicyclic) bond motifs is 2. The van der Waals surface area contributed by atoms with E-state index in [1.54, 1.807) is 0 Å². The molecule has 3 N–H and O–H groups in total. The Bertz CT molecular complexity index is 922. The van der Waals surface area contributed by atoms with Gasteiger partial charge in [-0.05, 0) is 18.2 Å². The highest BCUT2D eigenvalue weighted by molar-refractivity contribution is 5.98. The second-order valence-electron chi connectivity index (χ2n) is 4.86. The molecule has 0 radical (unpaired) electrons. The van der Waals surface area contributed by atoms with Gasteiger partial charge in [0.1, 0.15) is 0 Å². The lowest BCUT2D eigenvalue weighted by Crippen LogP contribution is -1.92. The maximum absolute atomic E-state index is 6.16. The fourth-order valence-corrected chi connectivity index (χ4v) is 2.62. The fraction of sp³-hybridized carbons (Fsp3) is 0. The number of aromatic nitrogens is 2. The van der Waals surface area contributed by atoms with Crippen molar-refractivity contribution in [2.24, 2.45) is 0 Å². The van der Waals surface area contributed by atoms with Crippen LogP contribution < -0.4 is 5.73 Å². The molecule has 0 spiro atoms. The summed E-state index contributed by atoms with van der Waals surface area (Å²) in [5.41, 5.74) is 10.9. The number of anilines is 1. The van der Waals surface area contributed by atoms with Gasteiger partial charge in [0.15, 0.2) is 0 Å². The molecule has 4 aromatic rings. The van der Waals surface area contributed by atoms with E-state index in [2.05, 4.69) is 17.1 Å². The number of hydrogen-bond donors (Lipinski definition) is 2. The highest BCUT2D eigenvalue weighted by atomic mass is 14.7. The molecular weight excluding hydrogens is 246 g/mol. The number of nitrogens with two attached hydrogens (primary N) is 1. The number of benzene rings is 2. The van der Waals surface area contributed by atoms with E-state index in [1.165, 1.54) is 0 Å². The molecule has 0 saturated heterocycles. The van der Waals surface area contributed by atoms with Gasteiger partial charge in [0.05, 0.1) is 11.2 Å². The zero-order valence-corrected chi connectivity index (χ0v) is 10.8. The molecule has 2 aromatic heterocycles. The van der Waals surface area contributed by atoms with Crippen LogP contribution in [-0.2, 0) is 0 Å². The topological polar surface area (TPSA) is 54.7 Å². The molecule has 0 aliphatic heterocycles. The van der Waals surface area contributed by atoms with Crippen LogP contribution in [0.15, 0.2) is 60.8 Å². The van der Waals surface area contributed by atoms with Crippen LogP contribution in [0.4, 0.5) is 5.69 Å². The number of hydrogen-bond acceptors (Lipinski definition) is 2. The Hall–Kier alpha value is -2.81. The summed E-state index contributed by atoms with van der Waals surface area (Å²) in [4.78, 5) is 8.00. The van der Waals surface area contributed by atoms with Gasteiger partial charge in [-0.25, -0.2) is 4.98 Å². The number of nitrogen functional groups attached to an aromatic ring is 1. The Balaban J connectivity index is 2.03. The van der Waals surface area contributed by atoms with Gasteiger partial charge in [0, 0.05) is 33.7 Å². The molecule has 0 saturated carbocycles. The van der Waals surface area contributed by atoms with Crippen LogP contribution in [0.3, 0.4) is 0 Å². The van der Waals surface area contributed by atoms with Crippen molar-refractivity contribution in [3.63, 3.8) is 0 Å². The normalized spacial score (nSPS) is 11.2. The number of nitrogens with one attached hydrogen (secondary N) is 1. The Labute approximate surface area is 116 Å². The van der Waals surface area contributed by atoms with Crippen LogP contribution in [0.25, 0.3) is 33.1 Å². The van der Waals surface area contributed by atoms with Crippen LogP contribution in [0, 0.1) is 0 Å². The highest BCUT2D eigenvalue weighted by Gasteiger charge is 2.09. The van der Waals surface area contributed by atoms with Gasteiger partial charge in [0.2, 0.25) is 0 Å². The zero-order valence-electron chi connectivity index (χ0n) is 10.8. The van der Waals surface area contributed by atoms with E-state index < -0.39 is 0 Å². The number of nitrogens with zero attached hydrogens (tertiary/aromatic N) is 1. The van der Waals surface area contributed by atoms with Crippen molar-refractivity contribution in [2.75, 3.05) is 5.73 Å². The molecule has 2 aromatic carbocycles. The molecular formula is C17H13N3. The van der Waals surface area contributed by atoms with Gasteiger partial charge in [0.25, 0.3) is 0 Å². The van der Waals surface area contributed by atoms with E-state index in [1.807, 2.05) is 48.7 Å². The molecule has 2 heterocycles. The molecule has 0 fully saturated rings. The summed E-state index contributed by atoms with van der Waals surface area (Å²) in [5, 5.41) is 2.16. The first kappa shape index (κ1) is 11.1. The first-order valence-corrected chi connectivity index (χ1v) is 6.55. The molecule has 3 heteroatoms. The second-order valence-corrected chi connectivity index (χ2v) is 4.86. The number of pyridine rings is 1. The average Bonchev–Trinajstić information content (AvgIpc) is 2.91. The van der Waals surface area contributed by atoms with Crippen molar-refractivity contribution in [3.05, 3.63) is 60.8 Å². The molecule has 96 valence electrons. The lowest BCUT2D eigenvalue weighted by atomic mass is 10.1. The summed E-state index contributed by atoms with van der Waals surface area (Å²) in [7, 11) is 0. The molecule has 0 unspecified atom stereocenters. The third-order valence-corrected chi connectivity index (χ3v) is 3.61. The summed E-state index contributed by atoms with van der Waals surface area (Å²) < 4.78 is 0. The minimum atomic E-state index is 0.760. The van der Waals surface area contributed by atoms with Crippen LogP contribution >= 0.6 is 0 Å². The van der Waals surface area contributed by atoms with Crippen molar-refractivity contribution in [2.45, 2.75) is 0 Å². The first-order valence-electron chi connectivity index (χ1n) is 6.55. The van der Waals surface area contributed by atoms with Gasteiger partial charge in [-0.2, -0.15) is 0 Å². The predicted octanol–water partition coefficient (Wildman–Crippen LogP) is 3.97. The van der Waals surface area contributed by atoms with E-state index in [-0.39, 0.29) is 0 Å². The van der Waals surface area contributed by atoms with Crippen molar-refractivity contribution in [1.29, 1.82) is 0 Å². The smallest absolute Gasteiger partial charge is 0.0751 e. The predicted molar refractivity (Wildman–Crippen MR) is 83.4 cm³/mol. The standard InChI is InChI=1S/C17H13N3/c18-14-9-17(20-16-8-4-2-6-12(14)16)13-10-19-15-7-3-1-5-11(13)15/h1-10,19H,(H2,18,20). The van der Waals surface area contributed by atoms with Gasteiger partial charge in [-0.1, -0.05) is 36.4 Å². The SMILES string of the molecule is Nc1cc(-c2c[nH]c3ccccc23)nc2ccccc12.